The van der Waals surface area contributed by atoms with Crippen LogP contribution in [0.2, 0.25) is 0 Å². The van der Waals surface area contributed by atoms with E-state index in [0.29, 0.717) is 166 Å². The fraction of sp³-hybridized carbons (Fsp3) is 0.850. The van der Waals surface area contributed by atoms with E-state index in [9.17, 15) is 57.5 Å². The summed E-state index contributed by atoms with van der Waals surface area (Å²) in [5.41, 5.74) is 2.25. The summed E-state index contributed by atoms with van der Waals surface area (Å²) in [6.07, 6.45) is 49.1. The second-order valence-corrected chi connectivity index (χ2v) is 48.2. The van der Waals surface area contributed by atoms with Gasteiger partial charge in [0.15, 0.2) is 0 Å². The molecule has 0 saturated carbocycles. The molecule has 0 aliphatic carbocycles. The Morgan fingerprint density at radius 2 is 0.362 bits per heavy atom. The Bertz CT molecular complexity index is 2580. The summed E-state index contributed by atoms with van der Waals surface area (Å²) in [6, 6.07) is 0. The number of unbranched alkanes of at least 4 members (excludes halogenated alkanes) is 19. The van der Waals surface area contributed by atoms with Crippen LogP contribution in [-0.4, -0.2) is 109 Å². The Morgan fingerprint density at radius 3 is 0.551 bits per heavy atom. The van der Waals surface area contributed by atoms with E-state index in [-0.39, 0.29) is 125 Å². The van der Waals surface area contributed by atoms with Gasteiger partial charge in [-0.2, -0.15) is 25.7 Å². The van der Waals surface area contributed by atoms with E-state index in [0.717, 1.165) is 167 Å². The number of ether oxygens (including phenoxy) is 3. The van der Waals surface area contributed by atoms with Gasteiger partial charge in [0.2, 0.25) is 0 Å². The van der Waals surface area contributed by atoms with Crippen molar-refractivity contribution >= 4 is 69.4 Å². The first-order chi connectivity index (χ1) is 61.8. The Kier molecular flexibility index (Phi) is 136. The molecular weight excluding hydrogens is 2230 g/mol. The van der Waals surface area contributed by atoms with Gasteiger partial charge in [0, 0.05) is 129 Å². The molecule has 0 aromatic heterocycles. The third kappa shape index (κ3) is 223. The molecule has 0 fully saturated rings. The summed E-state index contributed by atoms with van der Waals surface area (Å²) < 4.78 is 16.0. The van der Waals surface area contributed by atoms with Crippen LogP contribution in [0.4, 0.5) is 0 Å². The van der Waals surface area contributed by atoms with Crippen LogP contribution in [0.25, 0.3) is 0 Å². The molecule has 0 N–H and O–H groups in total. The second-order valence-electron chi connectivity index (χ2n) is 48.2. The number of carbonyl (C=O) groups excluding carboxylic acids is 12. The molecule has 0 rings (SSSR count). The Hall–Kier alpha value is -2.02. The molecule has 0 radical (unpaired) electrons. The monoisotopic (exact) mass is 2470 g/mol. The molecule has 0 aliphatic heterocycles. The van der Waals surface area contributed by atoms with E-state index < -0.39 is 0 Å². The summed E-state index contributed by atoms with van der Waals surface area (Å²) in [5, 5.41) is 0. The van der Waals surface area contributed by atoms with Gasteiger partial charge < -0.3 is 74.9 Å². The first kappa shape index (κ1) is 169. The van der Waals surface area contributed by atoms with E-state index in [1.54, 1.807) is 27.7 Å². The van der Waals surface area contributed by atoms with Crippen LogP contribution in [0.15, 0.2) is 0 Å². The van der Waals surface area contributed by atoms with E-state index in [1.165, 1.54) is 104 Å². The topological polar surface area (TPSA) is 233 Å². The predicted molar refractivity (Wildman–Crippen MR) is 586 cm³/mol. The maximum absolute atomic E-state index is 11.6. The summed E-state index contributed by atoms with van der Waals surface area (Å²) in [6.45, 7) is 99.7. The van der Waals surface area contributed by atoms with Crippen molar-refractivity contribution < 1.29 is 135 Å². The zero-order valence-electron chi connectivity index (χ0n) is 98.4. The predicted octanol–water partition coefficient (Wildman–Crippen LogP) is 35.2. The van der Waals surface area contributed by atoms with Crippen molar-refractivity contribution in [3.05, 3.63) is 41.5 Å². The van der Waals surface area contributed by atoms with Crippen LogP contribution in [0.5, 0.6) is 0 Å². The Morgan fingerprint density at radius 1 is 0.188 bits per heavy atom. The number of carbonyl (C=O) groups is 12. The number of hydrogen-bond acceptors (Lipinski definition) is 15. The average Bonchev–Trinajstić information content (AvgIpc) is 1.00. The SMILES string of the molecule is CC(=O)CCCCCCCC(=O)CC(C)(C)C.CC(=O)CCCCCCCC(C)(C)C.CC(=O)CCOCCCCC(=O)CC(C)(C)C.CC(=O)CCOCCCCC(C)(C)C.CCCCCCCCC(=O)CC(C)(C)C.CCCOCCCCC(=O)CC(C)(C)C.[CH2-]CC.[CH2-]CC(C)=O.[CH2-]CC(C)=O.[CH2-]CCCC(=O)CC(C)(C)C.[CH2-]CCCC(=O)CC(C)(C)C.[CH2-]CCCC(C)(C)C.[W+2].[W+2].[W+2]. The van der Waals surface area contributed by atoms with Crippen LogP contribution < -0.4 is 0 Å². The van der Waals surface area contributed by atoms with Crippen LogP contribution in [-0.2, 0) is 135 Å². The molecule has 0 atom stereocenters. The summed E-state index contributed by atoms with van der Waals surface area (Å²) in [7, 11) is 0. The van der Waals surface area contributed by atoms with E-state index >= 15 is 0 Å². The van der Waals surface area contributed by atoms with Crippen molar-refractivity contribution in [2.75, 3.05) is 39.6 Å². The Balaban J connectivity index is -0.0000000935. The maximum atomic E-state index is 11.6. The van der Waals surface area contributed by atoms with Crippen molar-refractivity contribution in [3.63, 3.8) is 0 Å². The fourth-order valence-electron chi connectivity index (χ4n) is 12.1. The van der Waals surface area contributed by atoms with Crippen molar-refractivity contribution in [1.29, 1.82) is 0 Å². The number of Topliss-reactive ketones (excluding diaryl/α,β-unsaturated/α-hetero) is 12. The molecule has 0 amide bonds. The zero-order chi connectivity index (χ0) is 108. The molecule has 0 spiro atoms. The largest absolute Gasteiger partial charge is 2.00 e. The smallest absolute Gasteiger partial charge is 0.381 e. The number of rotatable bonds is 60. The molecule has 18 heteroatoms. The van der Waals surface area contributed by atoms with Crippen molar-refractivity contribution in [1.82, 2.24) is 0 Å². The minimum Gasteiger partial charge on any atom is -0.381 e. The van der Waals surface area contributed by atoms with Crippen LogP contribution in [0.1, 0.15) is 577 Å². The van der Waals surface area contributed by atoms with Gasteiger partial charge in [-0.05, 0) is 167 Å². The standard InChI is InChI=1S/C15H28O2.C14H26O3.C14H28O.C13H26O2.C13H26O.C12H24O2.2C10H19O.C8H17.2C4H7O.C3H7.3W/c1-13(16)10-8-6-5-7-9-11-14(17)12-15(2,3)4;1-12(15)8-10-17-9-6-5-7-13(16)11-14(2,3)4;1-5-6-7-8-9-10-11-13(15)12-14(2,3)4;1-5-9-15-10-7-6-8-12(14)11-13(2,3)4;1-12(14)10-8-6-5-7-9-11-13(2,3)4;1-11(13)7-10-14-9-6-5-8-12(2,3)4;2*1-5-6-7-9(11)8-10(2,3)4;1-5-6-7-8(2,3)4;2*1-3-4(2)5;1-3-2;;;/h5-12H2,1-4H3;5-11H2,1-4H3;5-12H2,1-4H3;5-11H2,1-4H3;5-11H2,1-4H3;5-10H2,1-4H3;2*1,5-8H2,2-4H3;1,5-7H2,2-4H3;2*1,3H2,2H3;1,3H2,2H3;;;/q;;;;;;6*-1;3*+2. The summed E-state index contributed by atoms with van der Waals surface area (Å²) >= 11 is 0. The van der Waals surface area contributed by atoms with Crippen LogP contribution in [0, 0.1) is 90.3 Å². The van der Waals surface area contributed by atoms with Gasteiger partial charge in [-0.1, -0.05) is 317 Å². The first-order valence-electron chi connectivity index (χ1n) is 53.3. The molecule has 822 valence electrons. The molecule has 0 saturated heterocycles. The first-order valence-corrected chi connectivity index (χ1v) is 53.3. The molecule has 138 heavy (non-hydrogen) atoms. The van der Waals surface area contributed by atoms with Crippen molar-refractivity contribution in [3.8, 4) is 0 Å². The van der Waals surface area contributed by atoms with Crippen LogP contribution in [0.3, 0.4) is 0 Å². The van der Waals surface area contributed by atoms with E-state index in [2.05, 4.69) is 242 Å². The molecule has 0 aliphatic rings. The minimum absolute atomic E-state index is 0. The number of ketones is 12. The second kappa shape index (κ2) is 111. The van der Waals surface area contributed by atoms with E-state index in [4.69, 9.17) is 14.2 Å². The number of hydrogen-bond donors (Lipinski definition) is 0. The van der Waals surface area contributed by atoms with Crippen molar-refractivity contribution in [2.24, 2.45) is 48.7 Å². The molecule has 0 unspecified atom stereocenters. The van der Waals surface area contributed by atoms with Gasteiger partial charge in [-0.15, -0.1) is 12.8 Å². The summed E-state index contributed by atoms with van der Waals surface area (Å²) in [5.74, 6) is 3.57. The van der Waals surface area contributed by atoms with Gasteiger partial charge >= 0.3 is 63.2 Å². The van der Waals surface area contributed by atoms with Gasteiger partial charge in [-0.25, -0.2) is 0 Å². The average molecular weight is 2470 g/mol. The minimum atomic E-state index is 0. The zero-order valence-corrected chi connectivity index (χ0v) is 107. The molecule has 15 nitrogen and oxygen atoms in total. The van der Waals surface area contributed by atoms with Crippen molar-refractivity contribution in [2.45, 2.75) is 577 Å². The fourth-order valence-corrected chi connectivity index (χ4v) is 12.1. The van der Waals surface area contributed by atoms with Gasteiger partial charge in [0.25, 0.3) is 0 Å². The Labute approximate surface area is 904 Å². The molecule has 0 heterocycles. The third-order valence-corrected chi connectivity index (χ3v) is 18.9. The molecule has 0 bridgehead atoms. The molecule has 0 aromatic rings. The van der Waals surface area contributed by atoms with Gasteiger partial charge in [0.1, 0.15) is 57.8 Å². The van der Waals surface area contributed by atoms with Gasteiger partial charge in [0.05, 0.1) is 24.8 Å². The third-order valence-electron chi connectivity index (χ3n) is 18.9. The summed E-state index contributed by atoms with van der Waals surface area (Å²) in [4.78, 5) is 131. The van der Waals surface area contributed by atoms with Crippen LogP contribution >= 0.6 is 0 Å². The quantitative estimate of drug-likeness (QED) is 0.0407. The molecule has 0 aromatic carbocycles. The van der Waals surface area contributed by atoms with Gasteiger partial charge in [-0.3, -0.25) is 38.4 Å². The maximum Gasteiger partial charge on any atom is 2.00 e. The molecular formula is C120H234O15W3. The normalized spacial score (nSPS) is 11.0. The van der Waals surface area contributed by atoms with E-state index in [1.807, 2.05) is 6.92 Å².